The van der Waals surface area contributed by atoms with Crippen LogP contribution in [0.25, 0.3) is 0 Å². The van der Waals surface area contributed by atoms with Gasteiger partial charge in [0.15, 0.2) is 5.76 Å². The predicted octanol–water partition coefficient (Wildman–Crippen LogP) is 2.70. The summed E-state index contributed by atoms with van der Waals surface area (Å²) >= 11 is 0. The molecule has 0 saturated heterocycles. The average molecular weight is 230 g/mol. The van der Waals surface area contributed by atoms with E-state index in [2.05, 4.69) is 16.9 Å². The third-order valence-electron chi connectivity index (χ3n) is 2.89. The molecule has 2 aliphatic rings. The topological polar surface area (TPSA) is 33.6 Å². The summed E-state index contributed by atoms with van der Waals surface area (Å²) in [6.07, 6.45) is 6.54. The van der Waals surface area contributed by atoms with Crippen LogP contribution in [0, 0.1) is 0 Å². The van der Waals surface area contributed by atoms with Crippen LogP contribution < -0.4 is 5.32 Å². The summed E-state index contributed by atoms with van der Waals surface area (Å²) in [5, 5.41) is 3.34. The molecule has 2 aliphatic heterocycles. The smallest absolute Gasteiger partial charge is 0.152 e. The Kier molecular flexibility index (Phi) is 3.59. The molecule has 0 aromatic heterocycles. The van der Waals surface area contributed by atoms with Crippen molar-refractivity contribution in [3.63, 3.8) is 0 Å². The number of allylic oxidation sites excluding steroid dienone is 3. The number of nitrogens with one attached hydrogen (secondary N) is 1. The van der Waals surface area contributed by atoms with Crippen LogP contribution in [0.1, 0.15) is 20.3 Å². The molecule has 3 nitrogen and oxygen atoms in total. The fourth-order valence-corrected chi connectivity index (χ4v) is 2.01. The van der Waals surface area contributed by atoms with E-state index in [0.29, 0.717) is 0 Å². The molecule has 0 fully saturated rings. The van der Waals surface area contributed by atoms with Crippen molar-refractivity contribution in [3.8, 4) is 0 Å². The molecule has 3 heteroatoms. The van der Waals surface area contributed by atoms with E-state index in [-0.39, 0.29) is 0 Å². The van der Waals surface area contributed by atoms with Gasteiger partial charge in [-0.2, -0.15) is 0 Å². The molecule has 0 atom stereocenters. The Bertz CT molecular complexity index is 453. The van der Waals surface area contributed by atoms with Crippen LogP contribution in [0.15, 0.2) is 52.6 Å². The van der Waals surface area contributed by atoms with Gasteiger partial charge in [0.2, 0.25) is 0 Å². The number of nitrogens with zero attached hydrogens (tertiary/aromatic N) is 1. The van der Waals surface area contributed by atoms with E-state index in [0.717, 1.165) is 42.4 Å². The molecule has 1 N–H and O–H groups in total. The first kappa shape index (κ1) is 11.9. The third-order valence-corrected chi connectivity index (χ3v) is 2.89. The molecular weight excluding hydrogens is 212 g/mol. The van der Waals surface area contributed by atoms with E-state index in [9.17, 15) is 0 Å². The highest BCUT2D eigenvalue weighted by molar-refractivity contribution is 6.00. The average Bonchev–Trinajstić information content (AvgIpc) is 2.48. The Hall–Kier alpha value is -1.61. The maximum Gasteiger partial charge on any atom is 0.152 e. The van der Waals surface area contributed by atoms with E-state index in [1.54, 1.807) is 6.08 Å². The van der Waals surface area contributed by atoms with Crippen LogP contribution in [0.5, 0.6) is 0 Å². The standard InChI is InChI=1S/C14H18N2O/c1-4-6-14-12(5-2)16-10(3)11-9-15-8-7-13(11)17-14/h4-6,15H,2,7-9H2,1,3H3/b6-4-. The molecule has 0 bridgehead atoms. The predicted molar refractivity (Wildman–Crippen MR) is 70.7 cm³/mol. The molecule has 0 amide bonds. The zero-order valence-corrected chi connectivity index (χ0v) is 10.4. The summed E-state index contributed by atoms with van der Waals surface area (Å²) in [7, 11) is 0. The summed E-state index contributed by atoms with van der Waals surface area (Å²) in [4.78, 5) is 4.58. The Labute approximate surface area is 102 Å². The summed E-state index contributed by atoms with van der Waals surface area (Å²) in [6, 6.07) is 0. The van der Waals surface area contributed by atoms with Gasteiger partial charge in [-0.1, -0.05) is 12.7 Å². The highest BCUT2D eigenvalue weighted by Crippen LogP contribution is 2.26. The SMILES string of the molecule is C=CC1=C(/C=C\C)OC2=C(CNCC2)C(C)=N1. The van der Waals surface area contributed by atoms with Gasteiger partial charge in [-0.3, -0.25) is 0 Å². The molecule has 0 aliphatic carbocycles. The zero-order chi connectivity index (χ0) is 12.3. The fourth-order valence-electron chi connectivity index (χ4n) is 2.01. The maximum absolute atomic E-state index is 5.98. The monoisotopic (exact) mass is 230 g/mol. The van der Waals surface area contributed by atoms with Crippen molar-refractivity contribution in [1.82, 2.24) is 5.32 Å². The minimum Gasteiger partial charge on any atom is -0.459 e. The van der Waals surface area contributed by atoms with Crippen molar-refractivity contribution in [2.45, 2.75) is 20.3 Å². The van der Waals surface area contributed by atoms with Crippen molar-refractivity contribution < 1.29 is 4.74 Å². The molecule has 0 saturated carbocycles. The van der Waals surface area contributed by atoms with Gasteiger partial charge in [-0.25, -0.2) is 4.99 Å². The summed E-state index contributed by atoms with van der Waals surface area (Å²) in [6.45, 7) is 9.58. The van der Waals surface area contributed by atoms with Gasteiger partial charge in [0, 0.05) is 30.8 Å². The van der Waals surface area contributed by atoms with Crippen LogP contribution >= 0.6 is 0 Å². The number of hydrogen-bond donors (Lipinski definition) is 1. The van der Waals surface area contributed by atoms with Gasteiger partial charge in [0.1, 0.15) is 11.5 Å². The zero-order valence-electron chi connectivity index (χ0n) is 10.4. The van der Waals surface area contributed by atoms with Crippen LogP contribution in [-0.4, -0.2) is 18.8 Å². The van der Waals surface area contributed by atoms with E-state index in [1.165, 1.54) is 5.57 Å². The maximum atomic E-state index is 5.98. The molecule has 17 heavy (non-hydrogen) atoms. The lowest BCUT2D eigenvalue weighted by molar-refractivity contribution is 0.291. The lowest BCUT2D eigenvalue weighted by Crippen LogP contribution is -2.28. The summed E-state index contributed by atoms with van der Waals surface area (Å²) in [5.74, 6) is 1.82. The minimum absolute atomic E-state index is 0.786. The van der Waals surface area contributed by atoms with E-state index >= 15 is 0 Å². The first-order valence-corrected chi connectivity index (χ1v) is 5.92. The highest BCUT2D eigenvalue weighted by Gasteiger charge is 2.20. The van der Waals surface area contributed by atoms with E-state index < -0.39 is 0 Å². The molecule has 0 aromatic carbocycles. The Morgan fingerprint density at radius 1 is 1.47 bits per heavy atom. The van der Waals surface area contributed by atoms with Gasteiger partial charge in [-0.15, -0.1) is 0 Å². The first-order valence-electron chi connectivity index (χ1n) is 5.92. The van der Waals surface area contributed by atoms with Crippen LogP contribution in [0.4, 0.5) is 0 Å². The third kappa shape index (κ3) is 2.39. The fraction of sp³-hybridized carbons (Fsp3) is 0.357. The van der Waals surface area contributed by atoms with Crippen molar-refractivity contribution in [1.29, 1.82) is 0 Å². The van der Waals surface area contributed by atoms with Crippen molar-refractivity contribution in [2.75, 3.05) is 13.1 Å². The molecular formula is C14H18N2O. The van der Waals surface area contributed by atoms with Crippen LogP contribution in [0.3, 0.4) is 0 Å². The molecule has 0 spiro atoms. The Balaban J connectivity index is 2.47. The molecule has 0 aromatic rings. The summed E-state index contributed by atoms with van der Waals surface area (Å²) in [5.41, 5.74) is 2.99. The molecule has 2 heterocycles. The number of ether oxygens (including phenoxy) is 1. The lowest BCUT2D eigenvalue weighted by Gasteiger charge is -2.19. The van der Waals surface area contributed by atoms with Crippen molar-refractivity contribution in [2.24, 2.45) is 4.99 Å². The second kappa shape index (κ2) is 5.15. The van der Waals surface area contributed by atoms with Crippen molar-refractivity contribution >= 4 is 5.71 Å². The second-order valence-electron chi connectivity index (χ2n) is 4.08. The number of rotatable bonds is 2. The van der Waals surface area contributed by atoms with Gasteiger partial charge in [0.25, 0.3) is 0 Å². The van der Waals surface area contributed by atoms with E-state index in [1.807, 2.05) is 26.0 Å². The molecule has 0 radical (unpaired) electrons. The molecule has 90 valence electrons. The number of aliphatic imine (C=N–C) groups is 1. The number of hydrogen-bond acceptors (Lipinski definition) is 3. The van der Waals surface area contributed by atoms with Gasteiger partial charge >= 0.3 is 0 Å². The first-order chi connectivity index (χ1) is 8.26. The second-order valence-corrected chi connectivity index (χ2v) is 4.08. The van der Waals surface area contributed by atoms with E-state index in [4.69, 9.17) is 4.74 Å². The largest absolute Gasteiger partial charge is 0.459 e. The minimum atomic E-state index is 0.786. The Morgan fingerprint density at radius 2 is 2.29 bits per heavy atom. The Morgan fingerprint density at radius 3 is 3.00 bits per heavy atom. The van der Waals surface area contributed by atoms with Crippen LogP contribution in [0.2, 0.25) is 0 Å². The molecule has 0 unspecified atom stereocenters. The summed E-state index contributed by atoms with van der Waals surface area (Å²) < 4.78 is 5.98. The normalized spacial score (nSPS) is 20.9. The lowest BCUT2D eigenvalue weighted by atomic mass is 10.1. The van der Waals surface area contributed by atoms with Gasteiger partial charge < -0.3 is 10.1 Å². The highest BCUT2D eigenvalue weighted by atomic mass is 16.5. The molecule has 2 rings (SSSR count). The van der Waals surface area contributed by atoms with Gasteiger partial charge in [0.05, 0.1) is 0 Å². The quantitative estimate of drug-likeness (QED) is 0.791. The van der Waals surface area contributed by atoms with Gasteiger partial charge in [-0.05, 0) is 26.0 Å². The van der Waals surface area contributed by atoms with Crippen molar-refractivity contribution in [3.05, 3.63) is 47.6 Å². The van der Waals surface area contributed by atoms with Crippen LogP contribution in [-0.2, 0) is 4.74 Å².